The molecule has 3 rings (SSSR count). The zero-order chi connectivity index (χ0) is 18.4. The van der Waals surface area contributed by atoms with Gasteiger partial charge in [-0.25, -0.2) is 4.68 Å². The summed E-state index contributed by atoms with van der Waals surface area (Å²) in [5, 5.41) is 10.5. The summed E-state index contributed by atoms with van der Waals surface area (Å²) >= 11 is 0. The van der Waals surface area contributed by atoms with E-state index < -0.39 is 0 Å². The van der Waals surface area contributed by atoms with Gasteiger partial charge < -0.3 is 5.32 Å². The van der Waals surface area contributed by atoms with E-state index in [9.17, 15) is 4.79 Å². The van der Waals surface area contributed by atoms with Gasteiger partial charge in [-0.05, 0) is 25.0 Å². The third-order valence-electron chi connectivity index (χ3n) is 4.16. The maximum Gasteiger partial charge on any atom is 0.239 e. The average Bonchev–Trinajstić information content (AvgIpc) is 3.12. The summed E-state index contributed by atoms with van der Waals surface area (Å²) in [6.45, 7) is 4.27. The summed E-state index contributed by atoms with van der Waals surface area (Å²) < 4.78 is 1.80. The summed E-state index contributed by atoms with van der Waals surface area (Å²) in [6, 6.07) is 22.2. The Hall–Kier alpha value is -2.92. The second-order valence-corrected chi connectivity index (χ2v) is 6.44. The Balaban J connectivity index is 1.70. The van der Waals surface area contributed by atoms with Crippen LogP contribution in [0.4, 0.5) is 5.82 Å². The van der Waals surface area contributed by atoms with Crippen LogP contribution in [-0.4, -0.2) is 22.2 Å². The molecule has 0 aliphatic rings. The molecule has 1 amide bonds. The fraction of sp³-hybridized carbons (Fsp3) is 0.238. The number of carbonyl (C=O) groups excluding carboxylic acids is 1. The van der Waals surface area contributed by atoms with Gasteiger partial charge in [0.05, 0.1) is 18.8 Å². The topological polar surface area (TPSA) is 59.0 Å². The summed E-state index contributed by atoms with van der Waals surface area (Å²) in [4.78, 5) is 12.4. The molecule has 2 N–H and O–H groups in total. The van der Waals surface area contributed by atoms with Gasteiger partial charge in [0.1, 0.15) is 5.82 Å². The van der Waals surface area contributed by atoms with Crippen LogP contribution < -0.4 is 10.6 Å². The standard InChI is InChI=1S/C21H24N4O/c1-16(2)25-19(13-14-23-25)24-20(26)15-22-21(17-9-5-3-6-10-17)18-11-7-4-8-12-18/h3-14,16,21-22H,15H2,1-2H3,(H,24,26). The summed E-state index contributed by atoms with van der Waals surface area (Å²) in [6.07, 6.45) is 1.69. The van der Waals surface area contributed by atoms with Gasteiger partial charge in [0.2, 0.25) is 5.91 Å². The van der Waals surface area contributed by atoms with Gasteiger partial charge in [-0.15, -0.1) is 0 Å². The molecule has 0 unspecified atom stereocenters. The van der Waals surface area contributed by atoms with Gasteiger partial charge in [-0.1, -0.05) is 60.7 Å². The van der Waals surface area contributed by atoms with Crippen LogP contribution in [0.3, 0.4) is 0 Å². The van der Waals surface area contributed by atoms with Crippen LogP contribution in [0.5, 0.6) is 0 Å². The molecule has 0 aliphatic carbocycles. The first-order valence-corrected chi connectivity index (χ1v) is 8.82. The molecule has 0 bridgehead atoms. The minimum atomic E-state index is -0.0933. The van der Waals surface area contributed by atoms with Crippen molar-refractivity contribution in [1.29, 1.82) is 0 Å². The fourth-order valence-electron chi connectivity index (χ4n) is 2.93. The number of nitrogens with zero attached hydrogens (tertiary/aromatic N) is 2. The largest absolute Gasteiger partial charge is 0.310 e. The third kappa shape index (κ3) is 4.37. The first-order chi connectivity index (χ1) is 12.6. The van der Waals surface area contributed by atoms with Crippen molar-refractivity contribution in [3.63, 3.8) is 0 Å². The number of aromatic nitrogens is 2. The van der Waals surface area contributed by atoms with Gasteiger partial charge in [0, 0.05) is 12.1 Å². The number of amides is 1. The molecule has 5 nitrogen and oxygen atoms in total. The Morgan fingerprint density at radius 3 is 2.08 bits per heavy atom. The number of hydrogen-bond acceptors (Lipinski definition) is 3. The maximum absolute atomic E-state index is 12.4. The summed E-state index contributed by atoms with van der Waals surface area (Å²) in [5.41, 5.74) is 2.25. The van der Waals surface area contributed by atoms with E-state index in [-0.39, 0.29) is 24.5 Å². The van der Waals surface area contributed by atoms with Gasteiger partial charge in [0.15, 0.2) is 0 Å². The molecule has 1 aromatic heterocycles. The first-order valence-electron chi connectivity index (χ1n) is 8.82. The van der Waals surface area contributed by atoms with E-state index in [0.717, 1.165) is 11.1 Å². The molecule has 1 heterocycles. The second-order valence-electron chi connectivity index (χ2n) is 6.44. The van der Waals surface area contributed by atoms with E-state index in [4.69, 9.17) is 0 Å². The van der Waals surface area contributed by atoms with Gasteiger partial charge >= 0.3 is 0 Å². The number of rotatable bonds is 7. The van der Waals surface area contributed by atoms with E-state index in [0.29, 0.717) is 5.82 Å². The molecule has 5 heteroatoms. The highest BCUT2D eigenvalue weighted by Crippen LogP contribution is 2.21. The van der Waals surface area contributed by atoms with Crippen LogP contribution in [0, 0.1) is 0 Å². The van der Waals surface area contributed by atoms with Crippen molar-refractivity contribution in [1.82, 2.24) is 15.1 Å². The van der Waals surface area contributed by atoms with Crippen LogP contribution >= 0.6 is 0 Å². The zero-order valence-electron chi connectivity index (χ0n) is 15.1. The number of nitrogens with one attached hydrogen (secondary N) is 2. The Morgan fingerprint density at radius 2 is 1.54 bits per heavy atom. The molecule has 0 saturated heterocycles. The van der Waals surface area contributed by atoms with E-state index in [1.165, 1.54) is 0 Å². The summed E-state index contributed by atoms with van der Waals surface area (Å²) in [7, 11) is 0. The van der Waals surface area contributed by atoms with Crippen LogP contribution in [0.15, 0.2) is 72.9 Å². The minimum Gasteiger partial charge on any atom is -0.310 e. The first kappa shape index (κ1) is 17.9. The Labute approximate surface area is 154 Å². The van der Waals surface area contributed by atoms with E-state index in [2.05, 4.69) is 40.0 Å². The van der Waals surface area contributed by atoms with Crippen molar-refractivity contribution in [3.8, 4) is 0 Å². The van der Waals surface area contributed by atoms with E-state index >= 15 is 0 Å². The lowest BCUT2D eigenvalue weighted by molar-refractivity contribution is -0.115. The lowest BCUT2D eigenvalue weighted by Gasteiger charge is -2.20. The molecule has 0 atom stereocenters. The van der Waals surface area contributed by atoms with Crippen molar-refractivity contribution in [2.75, 3.05) is 11.9 Å². The molecule has 0 saturated carbocycles. The Bertz CT molecular complexity index is 788. The molecular formula is C21H24N4O. The van der Waals surface area contributed by atoms with Crippen molar-refractivity contribution in [2.45, 2.75) is 25.9 Å². The second kappa shape index (κ2) is 8.45. The quantitative estimate of drug-likeness (QED) is 0.683. The lowest BCUT2D eigenvalue weighted by Crippen LogP contribution is -2.32. The Morgan fingerprint density at radius 1 is 0.962 bits per heavy atom. The molecule has 0 spiro atoms. The van der Waals surface area contributed by atoms with Crippen LogP contribution in [-0.2, 0) is 4.79 Å². The SMILES string of the molecule is CC(C)n1nccc1NC(=O)CNC(c1ccccc1)c1ccccc1. The molecule has 134 valence electrons. The van der Waals surface area contributed by atoms with Crippen molar-refractivity contribution in [2.24, 2.45) is 0 Å². The zero-order valence-corrected chi connectivity index (χ0v) is 15.1. The molecule has 0 radical (unpaired) electrons. The number of carbonyl (C=O) groups is 1. The van der Waals surface area contributed by atoms with Gasteiger partial charge in [0.25, 0.3) is 0 Å². The maximum atomic E-state index is 12.4. The molecule has 0 fully saturated rings. The van der Waals surface area contributed by atoms with Crippen molar-refractivity contribution >= 4 is 11.7 Å². The van der Waals surface area contributed by atoms with Gasteiger partial charge in [-0.2, -0.15) is 5.10 Å². The highest BCUT2D eigenvalue weighted by molar-refractivity contribution is 5.91. The molecular weight excluding hydrogens is 324 g/mol. The van der Waals surface area contributed by atoms with Gasteiger partial charge in [-0.3, -0.25) is 10.1 Å². The normalized spacial score (nSPS) is 11.1. The highest BCUT2D eigenvalue weighted by atomic mass is 16.2. The number of anilines is 1. The predicted molar refractivity (Wildman–Crippen MR) is 104 cm³/mol. The fourth-order valence-corrected chi connectivity index (χ4v) is 2.93. The average molecular weight is 348 g/mol. The Kier molecular flexibility index (Phi) is 5.81. The molecule has 3 aromatic rings. The third-order valence-corrected chi connectivity index (χ3v) is 4.16. The van der Waals surface area contributed by atoms with E-state index in [1.54, 1.807) is 10.9 Å². The highest BCUT2D eigenvalue weighted by Gasteiger charge is 2.15. The van der Waals surface area contributed by atoms with Crippen LogP contribution in [0.1, 0.15) is 37.1 Å². The van der Waals surface area contributed by atoms with Crippen molar-refractivity contribution in [3.05, 3.63) is 84.1 Å². The monoisotopic (exact) mass is 348 g/mol. The molecule has 2 aromatic carbocycles. The molecule has 0 aliphatic heterocycles. The van der Waals surface area contributed by atoms with E-state index in [1.807, 2.05) is 56.3 Å². The number of hydrogen-bond donors (Lipinski definition) is 2. The van der Waals surface area contributed by atoms with Crippen molar-refractivity contribution < 1.29 is 4.79 Å². The minimum absolute atomic E-state index is 0.0434. The lowest BCUT2D eigenvalue weighted by atomic mass is 9.99. The smallest absolute Gasteiger partial charge is 0.239 e. The van der Waals surface area contributed by atoms with Crippen LogP contribution in [0.2, 0.25) is 0 Å². The predicted octanol–water partition coefficient (Wildman–Crippen LogP) is 3.78. The molecule has 26 heavy (non-hydrogen) atoms. The summed E-state index contributed by atoms with van der Waals surface area (Å²) in [5.74, 6) is 0.618. The van der Waals surface area contributed by atoms with Crippen LogP contribution in [0.25, 0.3) is 0 Å². The number of benzene rings is 2.